The second kappa shape index (κ2) is 6.39. The van der Waals surface area contributed by atoms with E-state index in [0.717, 1.165) is 19.3 Å². The Morgan fingerprint density at radius 1 is 1.35 bits per heavy atom. The molecule has 1 aliphatic heterocycles. The Hall–Kier alpha value is -1.37. The molecule has 0 aromatic rings. The van der Waals surface area contributed by atoms with E-state index in [2.05, 4.69) is 22.0 Å². The molecule has 7 heteroatoms. The molecule has 0 aromatic heterocycles. The highest BCUT2D eigenvalue weighted by molar-refractivity contribution is 5.59. The lowest BCUT2D eigenvalue weighted by Gasteiger charge is -2.28. The van der Waals surface area contributed by atoms with E-state index in [1.54, 1.807) is 0 Å². The molecule has 1 N–H and O–H groups in total. The van der Waals surface area contributed by atoms with Crippen LogP contribution in [0.2, 0.25) is 0 Å². The molecule has 0 spiro atoms. The van der Waals surface area contributed by atoms with E-state index in [4.69, 9.17) is 0 Å². The molecule has 0 bridgehead atoms. The summed E-state index contributed by atoms with van der Waals surface area (Å²) in [5.41, 5.74) is 0. The number of hydrogen-bond acceptors (Lipinski definition) is 4. The fourth-order valence-corrected chi connectivity index (χ4v) is 1.41. The van der Waals surface area contributed by atoms with E-state index >= 15 is 0 Å². The standard InChI is InChI=1S/C10H15F3N4/c1-14-8-9(16-3-2-10(11,12)13)17-6-4-15-5-7-17/h3,8,15H,1-2,4-7H2/b9-8+,16-3-. The van der Waals surface area contributed by atoms with Gasteiger partial charge in [-0.25, -0.2) is 4.99 Å². The van der Waals surface area contributed by atoms with Gasteiger partial charge >= 0.3 is 6.18 Å². The summed E-state index contributed by atoms with van der Waals surface area (Å²) in [6, 6.07) is 0. The van der Waals surface area contributed by atoms with Gasteiger partial charge in [0.25, 0.3) is 0 Å². The zero-order valence-corrected chi connectivity index (χ0v) is 9.37. The van der Waals surface area contributed by atoms with E-state index < -0.39 is 12.6 Å². The fourth-order valence-electron chi connectivity index (χ4n) is 1.41. The largest absolute Gasteiger partial charge is 0.393 e. The van der Waals surface area contributed by atoms with Crippen LogP contribution in [-0.4, -0.2) is 50.2 Å². The molecular formula is C10H15F3N4. The van der Waals surface area contributed by atoms with Crippen LogP contribution in [0.3, 0.4) is 0 Å². The van der Waals surface area contributed by atoms with E-state index in [9.17, 15) is 13.2 Å². The zero-order valence-electron chi connectivity index (χ0n) is 9.37. The highest BCUT2D eigenvalue weighted by atomic mass is 19.4. The van der Waals surface area contributed by atoms with Crippen LogP contribution in [0.4, 0.5) is 13.2 Å². The molecule has 1 rings (SSSR count). The molecule has 1 saturated heterocycles. The maximum atomic E-state index is 12.0. The Morgan fingerprint density at radius 2 is 2.00 bits per heavy atom. The van der Waals surface area contributed by atoms with Crippen molar-refractivity contribution in [2.24, 2.45) is 9.98 Å². The topological polar surface area (TPSA) is 40.0 Å². The molecule has 1 fully saturated rings. The fraction of sp³-hybridized carbons (Fsp3) is 0.600. The predicted octanol–water partition coefficient (Wildman–Crippen LogP) is 1.41. The van der Waals surface area contributed by atoms with Crippen LogP contribution in [0.15, 0.2) is 22.0 Å². The zero-order chi connectivity index (χ0) is 12.7. The van der Waals surface area contributed by atoms with Crippen molar-refractivity contribution >= 4 is 12.9 Å². The number of halogens is 3. The van der Waals surface area contributed by atoms with Crippen LogP contribution >= 0.6 is 0 Å². The molecule has 0 atom stereocenters. The monoisotopic (exact) mass is 248 g/mol. The molecule has 0 aromatic carbocycles. The Morgan fingerprint density at radius 3 is 2.53 bits per heavy atom. The van der Waals surface area contributed by atoms with Crippen molar-refractivity contribution in [3.05, 3.63) is 12.0 Å². The van der Waals surface area contributed by atoms with Gasteiger partial charge in [-0.1, -0.05) is 0 Å². The molecule has 0 unspecified atom stereocenters. The number of nitrogens with zero attached hydrogens (tertiary/aromatic N) is 3. The van der Waals surface area contributed by atoms with E-state index in [-0.39, 0.29) is 0 Å². The van der Waals surface area contributed by atoms with E-state index in [1.165, 1.54) is 6.20 Å². The van der Waals surface area contributed by atoms with Crippen LogP contribution in [0.25, 0.3) is 0 Å². The van der Waals surface area contributed by atoms with E-state index in [0.29, 0.717) is 18.9 Å². The number of aliphatic imine (C=N–C) groups is 2. The summed E-state index contributed by atoms with van der Waals surface area (Å²) in [4.78, 5) is 9.23. The quantitative estimate of drug-likeness (QED) is 0.764. The normalized spacial score (nSPS) is 18.8. The van der Waals surface area contributed by atoms with Gasteiger partial charge in [0.05, 0.1) is 12.6 Å². The Bertz CT molecular complexity index is 303. The number of rotatable bonds is 4. The first-order chi connectivity index (χ1) is 8.03. The van der Waals surface area contributed by atoms with Gasteiger partial charge in [0.15, 0.2) is 0 Å². The van der Waals surface area contributed by atoms with Gasteiger partial charge in [0.2, 0.25) is 0 Å². The average molecular weight is 248 g/mol. The van der Waals surface area contributed by atoms with Crippen molar-refractivity contribution < 1.29 is 13.2 Å². The lowest BCUT2D eigenvalue weighted by Crippen LogP contribution is -2.42. The summed E-state index contributed by atoms with van der Waals surface area (Å²) in [5, 5.41) is 3.15. The minimum Gasteiger partial charge on any atom is -0.353 e. The maximum absolute atomic E-state index is 12.0. The summed E-state index contributed by atoms with van der Waals surface area (Å²) < 4.78 is 35.9. The molecule has 1 heterocycles. The van der Waals surface area contributed by atoms with Crippen molar-refractivity contribution in [1.29, 1.82) is 0 Å². The second-order valence-electron chi connectivity index (χ2n) is 3.54. The van der Waals surface area contributed by atoms with Crippen LogP contribution < -0.4 is 5.32 Å². The van der Waals surface area contributed by atoms with Crippen molar-refractivity contribution in [1.82, 2.24) is 10.2 Å². The smallest absolute Gasteiger partial charge is 0.353 e. The number of piperazine rings is 1. The van der Waals surface area contributed by atoms with Gasteiger partial charge < -0.3 is 10.2 Å². The minimum atomic E-state index is -4.22. The lowest BCUT2D eigenvalue weighted by atomic mass is 10.3. The first kappa shape index (κ1) is 13.7. The van der Waals surface area contributed by atoms with Crippen molar-refractivity contribution in [2.45, 2.75) is 12.6 Å². The van der Waals surface area contributed by atoms with E-state index in [1.807, 2.05) is 4.90 Å². The molecule has 96 valence electrons. The second-order valence-corrected chi connectivity index (χ2v) is 3.54. The van der Waals surface area contributed by atoms with Crippen molar-refractivity contribution in [3.8, 4) is 0 Å². The number of alkyl halides is 3. The van der Waals surface area contributed by atoms with Crippen molar-refractivity contribution in [3.63, 3.8) is 0 Å². The first-order valence-electron chi connectivity index (χ1n) is 5.24. The third kappa shape index (κ3) is 5.48. The lowest BCUT2D eigenvalue weighted by molar-refractivity contribution is -0.120. The average Bonchev–Trinajstić information content (AvgIpc) is 2.27. The maximum Gasteiger partial charge on any atom is 0.393 e. The summed E-state index contributed by atoms with van der Waals surface area (Å²) in [5.74, 6) is 0.422. The Kier molecular flexibility index (Phi) is 5.14. The van der Waals surface area contributed by atoms with Gasteiger partial charge in [0, 0.05) is 32.4 Å². The molecular weight excluding hydrogens is 233 g/mol. The number of nitrogens with one attached hydrogen (secondary N) is 1. The van der Waals surface area contributed by atoms with Gasteiger partial charge in [-0.05, 0) is 6.72 Å². The van der Waals surface area contributed by atoms with Gasteiger partial charge in [-0.15, -0.1) is 0 Å². The summed E-state index contributed by atoms with van der Waals surface area (Å²) >= 11 is 0. The molecule has 1 aliphatic rings. The number of hydrogen-bond donors (Lipinski definition) is 1. The summed E-state index contributed by atoms with van der Waals surface area (Å²) in [6.45, 7) is 6.25. The van der Waals surface area contributed by atoms with Gasteiger partial charge in [0.1, 0.15) is 5.82 Å². The highest BCUT2D eigenvalue weighted by Crippen LogP contribution is 2.18. The van der Waals surface area contributed by atoms with Crippen LogP contribution in [-0.2, 0) is 0 Å². The van der Waals surface area contributed by atoms with Crippen LogP contribution in [0.5, 0.6) is 0 Å². The molecule has 0 aliphatic carbocycles. The molecule has 0 amide bonds. The molecule has 17 heavy (non-hydrogen) atoms. The Balaban J connectivity index is 2.60. The minimum absolute atomic E-state index is 0.422. The van der Waals surface area contributed by atoms with Gasteiger partial charge in [-0.2, -0.15) is 13.2 Å². The third-order valence-electron chi connectivity index (χ3n) is 2.19. The SMILES string of the molecule is C=N/C=C(\N=C/CC(F)(F)F)N1CCNCC1. The van der Waals surface area contributed by atoms with Gasteiger partial charge in [-0.3, -0.25) is 4.99 Å². The molecule has 0 saturated carbocycles. The molecule has 4 nitrogen and oxygen atoms in total. The van der Waals surface area contributed by atoms with Crippen molar-refractivity contribution in [2.75, 3.05) is 26.2 Å². The summed E-state index contributed by atoms with van der Waals surface area (Å²) in [6.07, 6.45) is -3.02. The Labute approximate surface area is 97.9 Å². The van der Waals surface area contributed by atoms with Crippen LogP contribution in [0, 0.1) is 0 Å². The first-order valence-corrected chi connectivity index (χ1v) is 5.24. The third-order valence-corrected chi connectivity index (χ3v) is 2.19. The summed E-state index contributed by atoms with van der Waals surface area (Å²) in [7, 11) is 0. The molecule has 0 radical (unpaired) electrons. The predicted molar refractivity (Wildman–Crippen MR) is 61.2 cm³/mol. The van der Waals surface area contributed by atoms with Crippen LogP contribution in [0.1, 0.15) is 6.42 Å². The highest BCUT2D eigenvalue weighted by Gasteiger charge is 2.25.